The Morgan fingerprint density at radius 3 is 2.76 bits per heavy atom. The third-order valence-corrected chi connectivity index (χ3v) is 5.28. The Balaban J connectivity index is 0.00000420. The van der Waals surface area contributed by atoms with E-state index in [2.05, 4.69) is 20.5 Å². The lowest BCUT2D eigenvalue weighted by atomic mass is 10.1. The van der Waals surface area contributed by atoms with Crippen LogP contribution in [-0.2, 0) is 4.79 Å². The first-order valence-corrected chi connectivity index (χ1v) is 10.0. The van der Waals surface area contributed by atoms with E-state index in [1.807, 2.05) is 27.1 Å². The third kappa shape index (κ3) is 7.40. The molecule has 1 amide bonds. The molecule has 1 fully saturated rings. The van der Waals surface area contributed by atoms with E-state index in [-0.39, 0.29) is 47.8 Å². The molecule has 2 rings (SSSR count). The second kappa shape index (κ2) is 12.3. The molecule has 1 saturated heterocycles. The van der Waals surface area contributed by atoms with Gasteiger partial charge in [0.15, 0.2) is 5.96 Å². The van der Waals surface area contributed by atoms with Gasteiger partial charge >= 0.3 is 0 Å². The van der Waals surface area contributed by atoms with Gasteiger partial charge in [-0.05, 0) is 56.8 Å². The molecular formula is C21H35FIN5O. The average Bonchev–Trinajstić information content (AvgIpc) is 3.13. The van der Waals surface area contributed by atoms with Gasteiger partial charge in [0.1, 0.15) is 5.82 Å². The highest BCUT2D eigenvalue weighted by Gasteiger charge is 2.30. The van der Waals surface area contributed by atoms with Crippen LogP contribution in [0, 0.1) is 12.7 Å². The van der Waals surface area contributed by atoms with Gasteiger partial charge in [-0.15, -0.1) is 24.0 Å². The van der Waals surface area contributed by atoms with Crippen molar-refractivity contribution in [2.45, 2.75) is 45.2 Å². The molecule has 0 spiro atoms. The molecule has 0 radical (unpaired) electrons. The highest BCUT2D eigenvalue weighted by atomic mass is 127. The zero-order chi connectivity index (χ0) is 20.7. The number of nitrogens with zero attached hydrogens (tertiary/aromatic N) is 3. The molecular weight excluding hydrogens is 484 g/mol. The molecule has 29 heavy (non-hydrogen) atoms. The number of hydrogen-bond acceptors (Lipinski definition) is 3. The van der Waals surface area contributed by atoms with Crippen molar-refractivity contribution in [3.05, 3.63) is 35.1 Å². The predicted molar refractivity (Wildman–Crippen MR) is 127 cm³/mol. The van der Waals surface area contributed by atoms with Crippen LogP contribution >= 0.6 is 24.0 Å². The van der Waals surface area contributed by atoms with Crippen molar-refractivity contribution in [3.63, 3.8) is 0 Å². The molecule has 2 unspecified atom stereocenters. The van der Waals surface area contributed by atoms with Crippen LogP contribution in [0.3, 0.4) is 0 Å². The average molecular weight is 519 g/mol. The van der Waals surface area contributed by atoms with Gasteiger partial charge in [-0.2, -0.15) is 0 Å². The number of carbonyl (C=O) groups is 1. The fraction of sp³-hybridized carbons (Fsp3) is 0.619. The normalized spacial score (nSPS) is 18.1. The Hall–Kier alpha value is -1.42. The van der Waals surface area contributed by atoms with Gasteiger partial charge in [0.2, 0.25) is 5.91 Å². The summed E-state index contributed by atoms with van der Waals surface area (Å²) in [5.74, 6) is 0.694. The number of amides is 1. The second-order valence-corrected chi connectivity index (χ2v) is 7.65. The zero-order valence-corrected chi connectivity index (χ0v) is 20.5. The van der Waals surface area contributed by atoms with Crippen LogP contribution in [0.4, 0.5) is 4.39 Å². The highest BCUT2D eigenvalue weighted by Crippen LogP contribution is 2.19. The third-order valence-electron chi connectivity index (χ3n) is 5.28. The number of carbonyl (C=O) groups excluding carboxylic acids is 1. The lowest BCUT2D eigenvalue weighted by Crippen LogP contribution is -2.44. The molecule has 1 heterocycles. The minimum absolute atomic E-state index is 0. The van der Waals surface area contributed by atoms with Crippen molar-refractivity contribution < 1.29 is 9.18 Å². The maximum Gasteiger partial charge on any atom is 0.239 e. The standard InChI is InChI=1S/C21H34FN5O.HI/c1-15-9-10-17(14-18(15)22)16(2)25-21(23-3)24-11-7-13-27-12-6-8-19(27)20(28)26(4)5;/h9-10,14,16,19H,6-8,11-13H2,1-5H3,(H2,23,24,25);1H. The van der Waals surface area contributed by atoms with Crippen LogP contribution in [0.5, 0.6) is 0 Å². The summed E-state index contributed by atoms with van der Waals surface area (Å²) in [6.07, 6.45) is 2.94. The van der Waals surface area contributed by atoms with E-state index in [4.69, 9.17) is 0 Å². The monoisotopic (exact) mass is 519 g/mol. The summed E-state index contributed by atoms with van der Waals surface area (Å²) in [7, 11) is 5.36. The first-order chi connectivity index (χ1) is 13.3. The predicted octanol–water partition coefficient (Wildman–Crippen LogP) is 2.92. The molecule has 164 valence electrons. The van der Waals surface area contributed by atoms with Crippen LogP contribution < -0.4 is 10.6 Å². The van der Waals surface area contributed by atoms with Gasteiger partial charge in [0.05, 0.1) is 12.1 Å². The summed E-state index contributed by atoms with van der Waals surface area (Å²) < 4.78 is 13.8. The lowest BCUT2D eigenvalue weighted by molar-refractivity contribution is -0.133. The largest absolute Gasteiger partial charge is 0.356 e. The smallest absolute Gasteiger partial charge is 0.239 e. The van der Waals surface area contributed by atoms with Crippen molar-refractivity contribution in [1.82, 2.24) is 20.4 Å². The molecule has 2 N–H and O–H groups in total. The molecule has 0 aliphatic carbocycles. The van der Waals surface area contributed by atoms with Gasteiger partial charge in [-0.25, -0.2) is 4.39 Å². The first kappa shape index (κ1) is 25.6. The van der Waals surface area contributed by atoms with Crippen molar-refractivity contribution in [1.29, 1.82) is 0 Å². The minimum Gasteiger partial charge on any atom is -0.356 e. The lowest BCUT2D eigenvalue weighted by Gasteiger charge is -2.26. The van der Waals surface area contributed by atoms with Gasteiger partial charge in [0.25, 0.3) is 0 Å². The van der Waals surface area contributed by atoms with Crippen molar-refractivity contribution >= 4 is 35.8 Å². The van der Waals surface area contributed by atoms with Gasteiger partial charge < -0.3 is 15.5 Å². The molecule has 0 aromatic heterocycles. The van der Waals surface area contributed by atoms with Crippen LogP contribution in [0.1, 0.15) is 43.4 Å². The van der Waals surface area contributed by atoms with Crippen LogP contribution in [0.15, 0.2) is 23.2 Å². The van der Waals surface area contributed by atoms with E-state index in [0.717, 1.165) is 44.5 Å². The van der Waals surface area contributed by atoms with Crippen molar-refractivity contribution in [2.75, 3.05) is 40.8 Å². The fourth-order valence-electron chi connectivity index (χ4n) is 3.52. The number of hydrogen-bond donors (Lipinski definition) is 2. The topological polar surface area (TPSA) is 60.0 Å². The van der Waals surface area contributed by atoms with Crippen LogP contribution in [0.25, 0.3) is 0 Å². The molecule has 1 aliphatic heterocycles. The number of aliphatic imine (C=N–C) groups is 1. The molecule has 0 bridgehead atoms. The minimum atomic E-state index is -0.193. The van der Waals surface area contributed by atoms with Gasteiger partial charge in [0, 0.05) is 34.2 Å². The fourth-order valence-corrected chi connectivity index (χ4v) is 3.52. The number of likely N-dealkylation sites (tertiary alicyclic amines) is 1. The van der Waals surface area contributed by atoms with Crippen LogP contribution in [-0.4, -0.2) is 68.5 Å². The van der Waals surface area contributed by atoms with E-state index in [0.29, 0.717) is 11.5 Å². The highest BCUT2D eigenvalue weighted by molar-refractivity contribution is 14.0. The number of nitrogens with one attached hydrogen (secondary N) is 2. The quantitative estimate of drug-likeness (QED) is 0.252. The summed E-state index contributed by atoms with van der Waals surface area (Å²) in [4.78, 5) is 20.5. The Labute approximate surface area is 191 Å². The molecule has 8 heteroatoms. The number of likely N-dealkylation sites (N-methyl/N-ethyl adjacent to an activating group) is 1. The van der Waals surface area contributed by atoms with E-state index in [9.17, 15) is 9.18 Å². The second-order valence-electron chi connectivity index (χ2n) is 7.65. The number of rotatable bonds is 7. The summed E-state index contributed by atoms with van der Waals surface area (Å²) >= 11 is 0. The Kier molecular flexibility index (Phi) is 10.9. The van der Waals surface area contributed by atoms with E-state index in [1.54, 1.807) is 31.0 Å². The number of benzene rings is 1. The summed E-state index contributed by atoms with van der Waals surface area (Å²) in [6.45, 7) is 6.36. The summed E-state index contributed by atoms with van der Waals surface area (Å²) in [5.41, 5.74) is 1.53. The molecule has 1 aromatic carbocycles. The van der Waals surface area contributed by atoms with E-state index >= 15 is 0 Å². The number of halogens is 2. The summed E-state index contributed by atoms with van der Waals surface area (Å²) in [6, 6.07) is 5.25. The Morgan fingerprint density at radius 1 is 1.41 bits per heavy atom. The van der Waals surface area contributed by atoms with Crippen molar-refractivity contribution in [2.24, 2.45) is 4.99 Å². The Morgan fingerprint density at radius 2 is 2.14 bits per heavy atom. The molecule has 1 aromatic rings. The number of aryl methyl sites for hydroxylation is 1. The van der Waals surface area contributed by atoms with Crippen LogP contribution in [0.2, 0.25) is 0 Å². The first-order valence-electron chi connectivity index (χ1n) is 10.0. The zero-order valence-electron chi connectivity index (χ0n) is 18.2. The Bertz CT molecular complexity index is 698. The SMILES string of the molecule is CN=C(NCCCN1CCCC1C(=O)N(C)C)NC(C)c1ccc(C)c(F)c1.I. The molecule has 6 nitrogen and oxygen atoms in total. The maximum atomic E-state index is 13.8. The van der Waals surface area contributed by atoms with Gasteiger partial charge in [-0.3, -0.25) is 14.7 Å². The molecule has 2 atom stereocenters. The van der Waals surface area contributed by atoms with E-state index < -0.39 is 0 Å². The maximum absolute atomic E-state index is 13.8. The van der Waals surface area contributed by atoms with Crippen molar-refractivity contribution in [3.8, 4) is 0 Å². The van der Waals surface area contributed by atoms with Gasteiger partial charge in [-0.1, -0.05) is 12.1 Å². The summed E-state index contributed by atoms with van der Waals surface area (Å²) in [5, 5.41) is 6.61. The molecule has 1 aliphatic rings. The molecule has 0 saturated carbocycles. The van der Waals surface area contributed by atoms with E-state index in [1.165, 1.54) is 0 Å². The number of guanidine groups is 1.